The van der Waals surface area contributed by atoms with Gasteiger partial charge < -0.3 is 10.1 Å². The standard InChI is InChI=1S/C14H17N3O3/c1-4-12(18)15-14-13(16-20-17-14)10-6-7-11(19-5-2)9(3)8-10/h6-8H,4-5H2,1-3H3,(H,15,17,18). The lowest BCUT2D eigenvalue weighted by atomic mass is 10.1. The molecular weight excluding hydrogens is 258 g/mol. The Morgan fingerprint density at radius 2 is 2.15 bits per heavy atom. The number of ether oxygens (including phenoxy) is 1. The normalized spacial score (nSPS) is 10.3. The first kappa shape index (κ1) is 14.0. The molecule has 0 atom stereocenters. The predicted molar refractivity (Wildman–Crippen MR) is 74.6 cm³/mol. The van der Waals surface area contributed by atoms with Crippen LogP contribution in [0.4, 0.5) is 5.82 Å². The van der Waals surface area contributed by atoms with Crippen molar-refractivity contribution < 1.29 is 14.2 Å². The highest BCUT2D eigenvalue weighted by molar-refractivity contribution is 5.92. The van der Waals surface area contributed by atoms with Gasteiger partial charge >= 0.3 is 0 Å². The van der Waals surface area contributed by atoms with E-state index in [0.717, 1.165) is 16.9 Å². The van der Waals surface area contributed by atoms with E-state index < -0.39 is 0 Å². The van der Waals surface area contributed by atoms with Crippen LogP contribution in [-0.4, -0.2) is 22.8 Å². The highest BCUT2D eigenvalue weighted by atomic mass is 16.6. The summed E-state index contributed by atoms with van der Waals surface area (Å²) in [5, 5.41) is 10.2. The van der Waals surface area contributed by atoms with Crippen LogP contribution in [0.25, 0.3) is 11.3 Å². The van der Waals surface area contributed by atoms with Gasteiger partial charge in [-0.15, -0.1) is 0 Å². The molecule has 0 spiro atoms. The summed E-state index contributed by atoms with van der Waals surface area (Å²) < 4.78 is 10.2. The Balaban J connectivity index is 2.30. The number of hydrogen-bond donors (Lipinski definition) is 1. The van der Waals surface area contributed by atoms with Gasteiger partial charge in [0.2, 0.25) is 11.7 Å². The highest BCUT2D eigenvalue weighted by Crippen LogP contribution is 2.29. The molecule has 0 unspecified atom stereocenters. The molecule has 20 heavy (non-hydrogen) atoms. The van der Waals surface area contributed by atoms with E-state index in [-0.39, 0.29) is 5.91 Å². The Kier molecular flexibility index (Phi) is 4.34. The average Bonchev–Trinajstić information content (AvgIpc) is 2.89. The molecule has 6 heteroatoms. The number of rotatable bonds is 5. The molecule has 0 fully saturated rings. The Morgan fingerprint density at radius 1 is 1.35 bits per heavy atom. The van der Waals surface area contributed by atoms with E-state index >= 15 is 0 Å². The van der Waals surface area contributed by atoms with Crippen molar-refractivity contribution in [3.05, 3.63) is 23.8 Å². The Morgan fingerprint density at radius 3 is 2.80 bits per heavy atom. The summed E-state index contributed by atoms with van der Waals surface area (Å²) >= 11 is 0. The summed E-state index contributed by atoms with van der Waals surface area (Å²) in [6.45, 7) is 6.27. The molecule has 0 radical (unpaired) electrons. The summed E-state index contributed by atoms with van der Waals surface area (Å²) in [6.07, 6.45) is 0.370. The van der Waals surface area contributed by atoms with E-state index in [1.54, 1.807) is 6.92 Å². The summed E-state index contributed by atoms with van der Waals surface area (Å²) in [5.41, 5.74) is 2.32. The summed E-state index contributed by atoms with van der Waals surface area (Å²) in [5.74, 6) is 1.02. The van der Waals surface area contributed by atoms with Gasteiger partial charge in [0, 0.05) is 12.0 Å². The number of nitrogens with zero attached hydrogens (tertiary/aromatic N) is 2. The smallest absolute Gasteiger partial charge is 0.225 e. The predicted octanol–water partition coefficient (Wildman–Crippen LogP) is 2.79. The maximum atomic E-state index is 11.4. The highest BCUT2D eigenvalue weighted by Gasteiger charge is 2.15. The van der Waals surface area contributed by atoms with Gasteiger partial charge in [0.05, 0.1) is 6.61 Å². The molecule has 0 aliphatic rings. The average molecular weight is 275 g/mol. The van der Waals surface area contributed by atoms with Crippen molar-refractivity contribution in [2.45, 2.75) is 27.2 Å². The molecule has 1 aromatic heterocycles. The van der Waals surface area contributed by atoms with Crippen LogP contribution < -0.4 is 10.1 Å². The van der Waals surface area contributed by atoms with Gasteiger partial charge in [-0.3, -0.25) is 4.79 Å². The van der Waals surface area contributed by atoms with Crippen LogP contribution in [0.3, 0.4) is 0 Å². The van der Waals surface area contributed by atoms with Crippen LogP contribution >= 0.6 is 0 Å². The second-order valence-electron chi connectivity index (χ2n) is 4.28. The molecule has 1 heterocycles. The summed E-state index contributed by atoms with van der Waals surface area (Å²) in [6, 6.07) is 5.65. The number of aryl methyl sites for hydroxylation is 1. The van der Waals surface area contributed by atoms with E-state index in [2.05, 4.69) is 15.6 Å². The minimum atomic E-state index is -0.135. The lowest BCUT2D eigenvalue weighted by Crippen LogP contribution is -2.10. The molecule has 6 nitrogen and oxygen atoms in total. The monoisotopic (exact) mass is 275 g/mol. The van der Waals surface area contributed by atoms with Crippen molar-refractivity contribution in [2.24, 2.45) is 0 Å². The van der Waals surface area contributed by atoms with Crippen LogP contribution in [0.15, 0.2) is 22.8 Å². The van der Waals surface area contributed by atoms with Gasteiger partial charge in [-0.1, -0.05) is 6.92 Å². The quantitative estimate of drug-likeness (QED) is 0.907. The molecule has 0 saturated heterocycles. The minimum absolute atomic E-state index is 0.135. The van der Waals surface area contributed by atoms with Gasteiger partial charge in [-0.05, 0) is 47.9 Å². The van der Waals surface area contributed by atoms with Crippen molar-refractivity contribution in [3.8, 4) is 17.0 Å². The van der Waals surface area contributed by atoms with Crippen LogP contribution in [0.1, 0.15) is 25.8 Å². The molecule has 1 amide bonds. The third kappa shape index (κ3) is 2.96. The van der Waals surface area contributed by atoms with E-state index in [4.69, 9.17) is 9.37 Å². The lowest BCUT2D eigenvalue weighted by molar-refractivity contribution is -0.115. The zero-order valence-corrected chi connectivity index (χ0v) is 11.8. The third-order valence-electron chi connectivity index (χ3n) is 2.82. The fourth-order valence-electron chi connectivity index (χ4n) is 1.79. The largest absolute Gasteiger partial charge is 0.494 e. The van der Waals surface area contributed by atoms with Crippen LogP contribution in [-0.2, 0) is 4.79 Å². The van der Waals surface area contributed by atoms with Gasteiger partial charge in [0.25, 0.3) is 0 Å². The SMILES string of the molecule is CCOc1ccc(-c2nonc2NC(=O)CC)cc1C. The fraction of sp³-hybridized carbons (Fsp3) is 0.357. The molecule has 0 aliphatic carbocycles. The van der Waals surface area contributed by atoms with Crippen molar-refractivity contribution in [2.75, 3.05) is 11.9 Å². The fourth-order valence-corrected chi connectivity index (χ4v) is 1.79. The molecule has 2 aromatic rings. The molecule has 2 rings (SSSR count). The summed E-state index contributed by atoms with van der Waals surface area (Å²) in [7, 11) is 0. The Bertz CT molecular complexity index is 607. The van der Waals surface area contributed by atoms with Crippen molar-refractivity contribution in [3.63, 3.8) is 0 Å². The molecule has 0 saturated carbocycles. The number of aromatic nitrogens is 2. The van der Waals surface area contributed by atoms with Gasteiger partial charge in [-0.2, -0.15) is 0 Å². The van der Waals surface area contributed by atoms with E-state index in [1.165, 1.54) is 0 Å². The summed E-state index contributed by atoms with van der Waals surface area (Å²) in [4.78, 5) is 11.4. The second kappa shape index (κ2) is 6.18. The maximum absolute atomic E-state index is 11.4. The van der Waals surface area contributed by atoms with Crippen LogP contribution in [0, 0.1) is 6.92 Å². The zero-order valence-electron chi connectivity index (χ0n) is 11.8. The van der Waals surface area contributed by atoms with E-state index in [9.17, 15) is 4.79 Å². The van der Waals surface area contributed by atoms with Crippen molar-refractivity contribution >= 4 is 11.7 Å². The number of benzene rings is 1. The molecular formula is C14H17N3O3. The lowest BCUT2D eigenvalue weighted by Gasteiger charge is -2.08. The second-order valence-corrected chi connectivity index (χ2v) is 4.28. The topological polar surface area (TPSA) is 77.2 Å². The number of nitrogens with one attached hydrogen (secondary N) is 1. The molecule has 106 valence electrons. The first-order valence-electron chi connectivity index (χ1n) is 6.52. The van der Waals surface area contributed by atoms with Gasteiger partial charge in [-0.25, -0.2) is 4.63 Å². The van der Waals surface area contributed by atoms with E-state index in [1.807, 2.05) is 32.0 Å². The molecule has 1 N–H and O–H groups in total. The molecule has 0 bridgehead atoms. The van der Waals surface area contributed by atoms with Crippen molar-refractivity contribution in [1.82, 2.24) is 10.3 Å². The van der Waals surface area contributed by atoms with Gasteiger partial charge in [0.15, 0.2) is 5.69 Å². The van der Waals surface area contributed by atoms with Crippen LogP contribution in [0.5, 0.6) is 5.75 Å². The minimum Gasteiger partial charge on any atom is -0.494 e. The Hall–Kier alpha value is -2.37. The number of hydrogen-bond acceptors (Lipinski definition) is 5. The maximum Gasteiger partial charge on any atom is 0.225 e. The third-order valence-corrected chi connectivity index (χ3v) is 2.82. The van der Waals surface area contributed by atoms with E-state index in [0.29, 0.717) is 24.5 Å². The number of amides is 1. The number of anilines is 1. The van der Waals surface area contributed by atoms with Gasteiger partial charge in [0.1, 0.15) is 5.75 Å². The first-order chi connectivity index (χ1) is 9.65. The molecule has 0 aliphatic heterocycles. The molecule has 1 aromatic carbocycles. The first-order valence-corrected chi connectivity index (χ1v) is 6.52. The number of carbonyl (C=O) groups is 1. The zero-order chi connectivity index (χ0) is 14.5. The number of carbonyl (C=O) groups excluding carboxylic acids is 1. The van der Waals surface area contributed by atoms with Crippen LogP contribution in [0.2, 0.25) is 0 Å². The Labute approximate surface area is 117 Å². The van der Waals surface area contributed by atoms with Crippen molar-refractivity contribution in [1.29, 1.82) is 0 Å².